The Morgan fingerprint density at radius 2 is 1.96 bits per heavy atom. The molecule has 0 aromatic carbocycles. The van der Waals surface area contributed by atoms with E-state index < -0.39 is 23.5 Å². The summed E-state index contributed by atoms with van der Waals surface area (Å²) in [7, 11) is 0. The number of ether oxygens (including phenoxy) is 1. The number of hydrogen-bond acceptors (Lipinski definition) is 5. The topological polar surface area (TPSA) is 108 Å². The van der Waals surface area contributed by atoms with E-state index >= 15 is 0 Å². The van der Waals surface area contributed by atoms with Crippen molar-refractivity contribution in [1.29, 1.82) is 0 Å². The Balaban J connectivity index is 1.87. The Bertz CT molecular complexity index is 598. The van der Waals surface area contributed by atoms with Crippen molar-refractivity contribution in [3.05, 3.63) is 0 Å². The molecule has 3 rings (SSSR count). The van der Waals surface area contributed by atoms with E-state index in [4.69, 9.17) is 4.74 Å². The van der Waals surface area contributed by atoms with Gasteiger partial charge in [0.05, 0.1) is 24.5 Å². The second-order valence-electron chi connectivity index (χ2n) is 7.75. The Morgan fingerprint density at radius 3 is 2.63 bits per heavy atom. The number of likely N-dealkylation sites (tertiary alicyclic amines) is 1. The first-order chi connectivity index (χ1) is 13.0. The van der Waals surface area contributed by atoms with Crippen LogP contribution in [0.5, 0.6) is 0 Å². The molecule has 3 saturated heterocycles. The molecule has 3 heterocycles. The van der Waals surface area contributed by atoms with Gasteiger partial charge in [-0.2, -0.15) is 0 Å². The van der Waals surface area contributed by atoms with Crippen LogP contribution in [0.4, 0.5) is 0 Å². The fourth-order valence-corrected chi connectivity index (χ4v) is 4.95. The molecule has 3 aliphatic heterocycles. The van der Waals surface area contributed by atoms with Crippen molar-refractivity contribution >= 4 is 17.7 Å². The number of carbonyl (C=O) groups excluding carboxylic acids is 3. The highest BCUT2D eigenvalue weighted by Gasteiger charge is 2.74. The maximum atomic E-state index is 13.2. The number of carbonyl (C=O) groups is 3. The number of β-amino-alcohol motifs (C(OH)–C–C–N with tert-alkyl or cyclic N) is 1. The summed E-state index contributed by atoms with van der Waals surface area (Å²) >= 11 is 0. The highest BCUT2D eigenvalue weighted by molar-refractivity contribution is 5.98. The fraction of sp³-hybridized carbons (Fsp3) is 0.842. The van der Waals surface area contributed by atoms with Crippen molar-refractivity contribution < 1.29 is 24.2 Å². The Kier molecular flexibility index (Phi) is 6.05. The van der Waals surface area contributed by atoms with Crippen molar-refractivity contribution in [2.24, 2.45) is 11.8 Å². The molecule has 2 unspecified atom stereocenters. The van der Waals surface area contributed by atoms with E-state index in [0.717, 1.165) is 19.3 Å². The minimum Gasteiger partial charge on any atom is -0.395 e. The molecule has 8 heteroatoms. The number of aliphatic hydroxyl groups excluding tert-OH is 1. The van der Waals surface area contributed by atoms with Gasteiger partial charge in [-0.25, -0.2) is 0 Å². The number of hydrogen-bond donors (Lipinski definition) is 3. The van der Waals surface area contributed by atoms with Gasteiger partial charge in [-0.3, -0.25) is 14.4 Å². The molecule has 0 aromatic heterocycles. The van der Waals surface area contributed by atoms with Crippen LogP contribution in [0, 0.1) is 11.8 Å². The number of rotatable bonds is 9. The van der Waals surface area contributed by atoms with Gasteiger partial charge >= 0.3 is 0 Å². The molecule has 0 saturated carbocycles. The molecule has 0 aromatic rings. The molecule has 1 spiro atoms. The summed E-state index contributed by atoms with van der Waals surface area (Å²) in [5.41, 5.74) is -0.957. The molecule has 0 aliphatic carbocycles. The summed E-state index contributed by atoms with van der Waals surface area (Å²) in [6, 6.07) is -0.784. The SMILES string of the molecule is CCCCNC(=O)C1N(CCO)C(=O)[C@@H]2[C@@H](C(=O)NCCC)[C@H]3CCC12O3. The normalized spacial score (nSPS) is 34.0. The fourth-order valence-electron chi connectivity index (χ4n) is 4.95. The van der Waals surface area contributed by atoms with Crippen molar-refractivity contribution in [3.8, 4) is 0 Å². The van der Waals surface area contributed by atoms with E-state index in [-0.39, 0.29) is 37.0 Å². The third-order valence-corrected chi connectivity index (χ3v) is 6.07. The van der Waals surface area contributed by atoms with Crippen molar-refractivity contribution in [2.75, 3.05) is 26.2 Å². The first kappa shape index (κ1) is 20.1. The predicted octanol–water partition coefficient (Wildman–Crippen LogP) is -0.204. The van der Waals surface area contributed by atoms with E-state index in [1.54, 1.807) is 0 Å². The first-order valence-corrected chi connectivity index (χ1v) is 10.2. The number of nitrogens with zero attached hydrogens (tertiary/aromatic N) is 1. The van der Waals surface area contributed by atoms with Crippen LogP contribution in [0.3, 0.4) is 0 Å². The molecule has 3 amide bonds. The maximum absolute atomic E-state index is 13.2. The summed E-state index contributed by atoms with van der Waals surface area (Å²) in [5.74, 6) is -1.88. The zero-order valence-electron chi connectivity index (χ0n) is 16.2. The molecule has 3 fully saturated rings. The van der Waals surface area contributed by atoms with Crippen molar-refractivity contribution in [3.63, 3.8) is 0 Å². The summed E-state index contributed by atoms with van der Waals surface area (Å²) in [6.45, 7) is 4.94. The number of nitrogens with one attached hydrogen (secondary N) is 2. The van der Waals surface area contributed by atoms with Crippen LogP contribution in [0.25, 0.3) is 0 Å². The van der Waals surface area contributed by atoms with E-state index in [9.17, 15) is 19.5 Å². The van der Waals surface area contributed by atoms with Crippen LogP contribution in [0.2, 0.25) is 0 Å². The summed E-state index contributed by atoms with van der Waals surface area (Å²) < 4.78 is 6.22. The van der Waals surface area contributed by atoms with Gasteiger partial charge in [0, 0.05) is 19.6 Å². The van der Waals surface area contributed by atoms with Crippen LogP contribution in [0.1, 0.15) is 46.0 Å². The van der Waals surface area contributed by atoms with Gasteiger partial charge in [0.25, 0.3) is 0 Å². The van der Waals surface area contributed by atoms with E-state index in [2.05, 4.69) is 10.6 Å². The van der Waals surface area contributed by atoms with E-state index in [1.807, 2.05) is 13.8 Å². The quantitative estimate of drug-likeness (QED) is 0.479. The smallest absolute Gasteiger partial charge is 0.245 e. The largest absolute Gasteiger partial charge is 0.395 e. The molecule has 8 nitrogen and oxygen atoms in total. The molecule has 27 heavy (non-hydrogen) atoms. The van der Waals surface area contributed by atoms with Gasteiger partial charge in [-0.15, -0.1) is 0 Å². The molecule has 0 radical (unpaired) electrons. The second kappa shape index (κ2) is 8.14. The number of fused-ring (bicyclic) bond motifs is 1. The lowest BCUT2D eigenvalue weighted by Crippen LogP contribution is -2.55. The van der Waals surface area contributed by atoms with Crippen LogP contribution >= 0.6 is 0 Å². The predicted molar refractivity (Wildman–Crippen MR) is 97.6 cm³/mol. The van der Waals surface area contributed by atoms with Gasteiger partial charge in [0.2, 0.25) is 17.7 Å². The van der Waals surface area contributed by atoms with Crippen molar-refractivity contribution in [1.82, 2.24) is 15.5 Å². The van der Waals surface area contributed by atoms with Crippen LogP contribution in [-0.2, 0) is 19.1 Å². The standard InChI is InChI=1S/C19H31N3O5/c1-3-5-9-21-17(25)15-19-7-6-12(27-19)13(16(24)20-8-4-2)14(19)18(26)22(15)10-11-23/h12-15,23H,3-11H2,1-2H3,(H,20,24)(H,21,25)/t12-,13+,14+,15?,19?/m1/s1. The Hall–Kier alpha value is -1.67. The van der Waals surface area contributed by atoms with Gasteiger partial charge in [0.15, 0.2) is 0 Å². The van der Waals surface area contributed by atoms with Crippen LogP contribution in [0.15, 0.2) is 0 Å². The molecular weight excluding hydrogens is 350 g/mol. The maximum Gasteiger partial charge on any atom is 0.245 e. The molecule has 2 bridgehead atoms. The monoisotopic (exact) mass is 381 g/mol. The highest BCUT2D eigenvalue weighted by Crippen LogP contribution is 2.58. The van der Waals surface area contributed by atoms with Gasteiger partial charge in [-0.1, -0.05) is 20.3 Å². The molecule has 5 atom stereocenters. The number of aliphatic hydroxyl groups is 1. The zero-order chi connectivity index (χ0) is 19.6. The van der Waals surface area contributed by atoms with Crippen LogP contribution < -0.4 is 10.6 Å². The Labute approximate surface area is 160 Å². The lowest BCUT2D eigenvalue weighted by atomic mass is 9.70. The third kappa shape index (κ3) is 3.23. The average Bonchev–Trinajstić information content (AvgIpc) is 3.28. The number of amides is 3. The van der Waals surface area contributed by atoms with Crippen molar-refractivity contribution in [2.45, 2.75) is 63.7 Å². The van der Waals surface area contributed by atoms with E-state index in [0.29, 0.717) is 25.9 Å². The lowest BCUT2D eigenvalue weighted by molar-refractivity contribution is -0.142. The minimum absolute atomic E-state index is 0.0697. The molecule has 3 aliphatic rings. The highest BCUT2D eigenvalue weighted by atomic mass is 16.5. The first-order valence-electron chi connectivity index (χ1n) is 10.2. The van der Waals surface area contributed by atoms with Crippen LogP contribution in [-0.4, -0.2) is 71.7 Å². The molecule has 152 valence electrons. The van der Waals surface area contributed by atoms with E-state index in [1.165, 1.54) is 4.90 Å². The second-order valence-corrected chi connectivity index (χ2v) is 7.75. The summed E-state index contributed by atoms with van der Waals surface area (Å²) in [6.07, 6.45) is 3.55. The molecule has 3 N–H and O–H groups in total. The summed E-state index contributed by atoms with van der Waals surface area (Å²) in [5, 5.41) is 15.2. The zero-order valence-corrected chi connectivity index (χ0v) is 16.2. The number of unbranched alkanes of at least 4 members (excludes halogenated alkanes) is 1. The van der Waals surface area contributed by atoms with Gasteiger partial charge in [-0.05, 0) is 25.7 Å². The lowest BCUT2D eigenvalue weighted by Gasteiger charge is -2.33. The minimum atomic E-state index is -0.957. The van der Waals surface area contributed by atoms with Gasteiger partial charge < -0.3 is 25.4 Å². The third-order valence-electron chi connectivity index (χ3n) is 6.07. The van der Waals surface area contributed by atoms with Gasteiger partial charge in [0.1, 0.15) is 11.6 Å². The molecular formula is C19H31N3O5. The summed E-state index contributed by atoms with van der Waals surface area (Å²) in [4.78, 5) is 40.3. The Morgan fingerprint density at radius 1 is 1.22 bits per heavy atom. The average molecular weight is 381 g/mol.